The minimum atomic E-state index is 0.116. The number of amides is 2. The van der Waals surface area contributed by atoms with Crippen molar-refractivity contribution >= 4 is 6.03 Å². The normalized spacial score (nSPS) is 18.4. The summed E-state index contributed by atoms with van der Waals surface area (Å²) in [5.74, 6) is 0.422. The topological polar surface area (TPSA) is 23.6 Å². The lowest BCUT2D eigenvalue weighted by Crippen LogP contribution is -2.46. The third-order valence-corrected chi connectivity index (χ3v) is 3.83. The predicted molar refractivity (Wildman–Crippen MR) is 78.3 cm³/mol. The zero-order valence-electron chi connectivity index (χ0n) is 12.6. The Kier molecular flexibility index (Phi) is 3.83. The van der Waals surface area contributed by atoms with Gasteiger partial charge in [-0.2, -0.15) is 0 Å². The van der Waals surface area contributed by atoms with Crippen molar-refractivity contribution in [2.24, 2.45) is 5.92 Å². The van der Waals surface area contributed by atoms with Gasteiger partial charge in [-0.05, 0) is 30.4 Å². The van der Waals surface area contributed by atoms with E-state index in [0.717, 1.165) is 13.0 Å². The largest absolute Gasteiger partial charge is 0.331 e. The van der Waals surface area contributed by atoms with Gasteiger partial charge in [0.25, 0.3) is 0 Å². The second-order valence-electron chi connectivity index (χ2n) is 6.01. The summed E-state index contributed by atoms with van der Waals surface area (Å²) in [6.07, 6.45) is 0.958. The van der Waals surface area contributed by atoms with Crippen molar-refractivity contribution in [2.75, 3.05) is 20.6 Å². The molecule has 104 valence electrons. The summed E-state index contributed by atoms with van der Waals surface area (Å²) in [4.78, 5) is 16.0. The molecule has 0 aliphatic carbocycles. The Morgan fingerprint density at radius 3 is 2.63 bits per heavy atom. The van der Waals surface area contributed by atoms with Gasteiger partial charge in [0.05, 0.1) is 6.04 Å². The molecule has 2 rings (SSSR count). The molecule has 0 spiro atoms. The number of benzene rings is 1. The first-order valence-corrected chi connectivity index (χ1v) is 6.99. The van der Waals surface area contributed by atoms with Gasteiger partial charge in [-0.1, -0.05) is 37.6 Å². The van der Waals surface area contributed by atoms with Crippen molar-refractivity contribution in [1.82, 2.24) is 9.80 Å². The maximum absolute atomic E-state index is 12.3. The van der Waals surface area contributed by atoms with Gasteiger partial charge in [0.1, 0.15) is 0 Å². The van der Waals surface area contributed by atoms with Crippen LogP contribution in [-0.2, 0) is 6.42 Å². The molecule has 3 heteroatoms. The molecule has 0 saturated carbocycles. The van der Waals surface area contributed by atoms with E-state index in [1.54, 1.807) is 4.90 Å². The van der Waals surface area contributed by atoms with Crippen LogP contribution in [0.25, 0.3) is 0 Å². The van der Waals surface area contributed by atoms with Crippen LogP contribution in [0.15, 0.2) is 18.2 Å². The molecule has 1 aromatic carbocycles. The number of fused-ring (bicyclic) bond motifs is 1. The van der Waals surface area contributed by atoms with E-state index in [1.807, 2.05) is 19.0 Å². The quantitative estimate of drug-likeness (QED) is 0.760. The highest BCUT2D eigenvalue weighted by Gasteiger charge is 2.33. The Balaban J connectivity index is 2.41. The van der Waals surface area contributed by atoms with E-state index in [0.29, 0.717) is 5.92 Å². The summed E-state index contributed by atoms with van der Waals surface area (Å²) >= 11 is 0. The zero-order chi connectivity index (χ0) is 14.2. The molecule has 0 radical (unpaired) electrons. The Morgan fingerprint density at radius 2 is 2.05 bits per heavy atom. The van der Waals surface area contributed by atoms with Crippen LogP contribution in [0.2, 0.25) is 0 Å². The van der Waals surface area contributed by atoms with E-state index in [2.05, 4.69) is 39.0 Å². The van der Waals surface area contributed by atoms with Crippen LogP contribution in [-0.4, -0.2) is 36.5 Å². The van der Waals surface area contributed by atoms with Gasteiger partial charge in [-0.25, -0.2) is 4.79 Å². The van der Waals surface area contributed by atoms with E-state index in [1.165, 1.54) is 16.7 Å². The SMILES string of the molecule is Cc1ccc2c(c1)CCN(C(=O)N(C)C)C2C(C)C. The lowest BCUT2D eigenvalue weighted by atomic mass is 9.85. The highest BCUT2D eigenvalue weighted by molar-refractivity contribution is 5.75. The molecule has 1 aliphatic heterocycles. The predicted octanol–water partition coefficient (Wildman–Crippen LogP) is 3.23. The van der Waals surface area contributed by atoms with Crippen molar-refractivity contribution < 1.29 is 4.79 Å². The first-order valence-electron chi connectivity index (χ1n) is 6.99. The van der Waals surface area contributed by atoms with E-state index in [-0.39, 0.29) is 12.1 Å². The fraction of sp³-hybridized carbons (Fsp3) is 0.562. The standard InChI is InChI=1S/C16H24N2O/c1-11(2)15-14-7-6-12(3)10-13(14)8-9-18(15)16(19)17(4)5/h6-7,10-11,15H,8-9H2,1-5H3. The Hall–Kier alpha value is -1.51. The van der Waals surface area contributed by atoms with E-state index < -0.39 is 0 Å². The van der Waals surface area contributed by atoms with Crippen LogP contribution in [0.1, 0.15) is 36.6 Å². The van der Waals surface area contributed by atoms with Crippen LogP contribution in [0, 0.1) is 12.8 Å². The van der Waals surface area contributed by atoms with Crippen LogP contribution in [0.5, 0.6) is 0 Å². The third kappa shape index (κ3) is 2.60. The summed E-state index contributed by atoms with van der Waals surface area (Å²) in [6.45, 7) is 7.32. The molecule has 0 N–H and O–H groups in total. The minimum Gasteiger partial charge on any atom is -0.331 e. The van der Waals surface area contributed by atoms with Gasteiger partial charge >= 0.3 is 6.03 Å². The Bertz CT molecular complexity index is 480. The molecule has 19 heavy (non-hydrogen) atoms. The summed E-state index contributed by atoms with van der Waals surface area (Å²) in [7, 11) is 3.65. The zero-order valence-corrected chi connectivity index (χ0v) is 12.6. The van der Waals surface area contributed by atoms with Crippen molar-refractivity contribution in [3.63, 3.8) is 0 Å². The van der Waals surface area contributed by atoms with Crippen molar-refractivity contribution in [1.29, 1.82) is 0 Å². The number of aryl methyl sites for hydroxylation is 1. The van der Waals surface area contributed by atoms with Crippen LogP contribution in [0.3, 0.4) is 0 Å². The molecule has 0 bridgehead atoms. The third-order valence-electron chi connectivity index (χ3n) is 3.83. The second-order valence-corrected chi connectivity index (χ2v) is 6.01. The molecule has 0 aromatic heterocycles. The van der Waals surface area contributed by atoms with Gasteiger partial charge in [-0.15, -0.1) is 0 Å². The highest BCUT2D eigenvalue weighted by Crippen LogP contribution is 2.35. The number of carbonyl (C=O) groups is 1. The summed E-state index contributed by atoms with van der Waals surface area (Å²) in [5.41, 5.74) is 4.03. The minimum absolute atomic E-state index is 0.116. The fourth-order valence-corrected chi connectivity index (χ4v) is 2.98. The average Bonchev–Trinajstić information content (AvgIpc) is 2.35. The monoisotopic (exact) mass is 260 g/mol. The molecular formula is C16H24N2O. The average molecular weight is 260 g/mol. The van der Waals surface area contributed by atoms with Gasteiger partial charge in [0.15, 0.2) is 0 Å². The number of hydrogen-bond donors (Lipinski definition) is 0. The van der Waals surface area contributed by atoms with Crippen molar-refractivity contribution in [3.8, 4) is 0 Å². The van der Waals surface area contributed by atoms with Crippen LogP contribution in [0.4, 0.5) is 4.79 Å². The number of nitrogens with zero attached hydrogens (tertiary/aromatic N) is 2. The molecular weight excluding hydrogens is 236 g/mol. The smallest absolute Gasteiger partial charge is 0.320 e. The van der Waals surface area contributed by atoms with Gasteiger partial charge < -0.3 is 9.80 Å². The molecule has 1 heterocycles. The van der Waals surface area contributed by atoms with Gasteiger partial charge in [-0.3, -0.25) is 0 Å². The molecule has 0 fully saturated rings. The molecule has 1 unspecified atom stereocenters. The van der Waals surface area contributed by atoms with Gasteiger partial charge in [0, 0.05) is 20.6 Å². The number of rotatable bonds is 1. The number of urea groups is 1. The van der Waals surface area contributed by atoms with E-state index in [9.17, 15) is 4.79 Å². The van der Waals surface area contributed by atoms with Crippen molar-refractivity contribution in [2.45, 2.75) is 33.2 Å². The van der Waals surface area contributed by atoms with E-state index in [4.69, 9.17) is 0 Å². The summed E-state index contributed by atoms with van der Waals surface area (Å²) in [5, 5.41) is 0. The lowest BCUT2D eigenvalue weighted by Gasteiger charge is -2.41. The molecule has 2 amide bonds. The molecule has 1 aromatic rings. The molecule has 3 nitrogen and oxygen atoms in total. The first-order chi connectivity index (χ1) is 8.91. The highest BCUT2D eigenvalue weighted by atomic mass is 16.2. The number of hydrogen-bond acceptors (Lipinski definition) is 1. The second kappa shape index (κ2) is 5.24. The number of carbonyl (C=O) groups excluding carboxylic acids is 1. The molecule has 0 saturated heterocycles. The molecule has 1 atom stereocenters. The summed E-state index contributed by atoms with van der Waals surface area (Å²) < 4.78 is 0. The summed E-state index contributed by atoms with van der Waals surface area (Å²) in [6, 6.07) is 6.92. The maximum atomic E-state index is 12.3. The Labute approximate surface area is 116 Å². The fourth-order valence-electron chi connectivity index (χ4n) is 2.98. The van der Waals surface area contributed by atoms with Crippen LogP contribution < -0.4 is 0 Å². The van der Waals surface area contributed by atoms with Gasteiger partial charge in [0.2, 0.25) is 0 Å². The maximum Gasteiger partial charge on any atom is 0.320 e. The van der Waals surface area contributed by atoms with Crippen LogP contribution >= 0.6 is 0 Å². The van der Waals surface area contributed by atoms with Crippen molar-refractivity contribution in [3.05, 3.63) is 34.9 Å². The Morgan fingerprint density at radius 1 is 1.37 bits per heavy atom. The van der Waals surface area contributed by atoms with E-state index >= 15 is 0 Å². The first kappa shape index (κ1) is 13.9. The lowest BCUT2D eigenvalue weighted by molar-refractivity contribution is 0.126. The molecule has 1 aliphatic rings.